The maximum Gasteiger partial charge on any atom is 0.414 e. The lowest BCUT2D eigenvalue weighted by Gasteiger charge is -2.31. The average Bonchev–Trinajstić information content (AvgIpc) is 3.11. The minimum atomic E-state index is -1.01. The van der Waals surface area contributed by atoms with Gasteiger partial charge in [0, 0.05) is 25.2 Å². The van der Waals surface area contributed by atoms with Crippen LogP contribution in [0.15, 0.2) is 29.3 Å². The maximum absolute atomic E-state index is 14.8. The van der Waals surface area contributed by atoms with E-state index >= 15 is 0 Å². The van der Waals surface area contributed by atoms with Crippen molar-refractivity contribution < 1.29 is 23.8 Å². The minimum absolute atomic E-state index is 0.224. The number of nitriles is 1. The standard InChI is InChI=1S/C20H24FN5O4/c1-13(9-22)14-4-6-25(7-5-14)18-3-2-15(8-17(18)21)26-12-16(30-20(26)29)10-23-24-11-19(27)28/h2-3,8,16,23-24H,4-7,10-12H2,1H3,(H,27,28). The molecule has 160 valence electrons. The zero-order chi connectivity index (χ0) is 21.7. The molecule has 1 amide bonds. The van der Waals surface area contributed by atoms with Gasteiger partial charge in [0.2, 0.25) is 0 Å². The fourth-order valence-corrected chi connectivity index (χ4v) is 3.55. The van der Waals surface area contributed by atoms with E-state index in [1.807, 2.05) is 4.90 Å². The van der Waals surface area contributed by atoms with Gasteiger partial charge in [0.25, 0.3) is 0 Å². The molecule has 0 bridgehead atoms. The number of hydrazine groups is 1. The number of nitrogens with one attached hydrogen (secondary N) is 2. The molecule has 2 aliphatic rings. The second kappa shape index (κ2) is 9.56. The molecule has 1 atom stereocenters. The summed E-state index contributed by atoms with van der Waals surface area (Å²) in [6.45, 7) is 3.26. The molecular formula is C20H24FN5O4. The lowest BCUT2D eigenvalue weighted by atomic mass is 9.99. The molecule has 1 aromatic carbocycles. The van der Waals surface area contributed by atoms with Gasteiger partial charge in [0.1, 0.15) is 18.5 Å². The Bertz CT molecular complexity index is 888. The van der Waals surface area contributed by atoms with E-state index in [9.17, 15) is 14.0 Å². The van der Waals surface area contributed by atoms with Gasteiger partial charge in [0.15, 0.2) is 0 Å². The Morgan fingerprint density at radius 3 is 2.73 bits per heavy atom. The summed E-state index contributed by atoms with van der Waals surface area (Å²) in [5.41, 5.74) is 7.91. The van der Waals surface area contributed by atoms with Gasteiger partial charge in [-0.15, -0.1) is 0 Å². The van der Waals surface area contributed by atoms with Gasteiger partial charge >= 0.3 is 12.1 Å². The van der Waals surface area contributed by atoms with Crippen LogP contribution in [-0.4, -0.2) is 56.0 Å². The van der Waals surface area contributed by atoms with Crippen LogP contribution in [0.1, 0.15) is 19.8 Å². The summed E-state index contributed by atoms with van der Waals surface area (Å²) in [7, 11) is 0. The summed E-state index contributed by atoms with van der Waals surface area (Å²) in [4.78, 5) is 25.9. The van der Waals surface area contributed by atoms with Crippen molar-refractivity contribution in [2.75, 3.05) is 42.5 Å². The zero-order valence-electron chi connectivity index (χ0n) is 16.7. The molecule has 3 rings (SSSR count). The number of cyclic esters (lactones) is 1. The second-order valence-corrected chi connectivity index (χ2v) is 7.21. The molecule has 2 aliphatic heterocycles. The normalized spacial score (nSPS) is 18.9. The molecule has 10 heteroatoms. The van der Waals surface area contributed by atoms with E-state index in [1.165, 1.54) is 11.0 Å². The summed E-state index contributed by atoms with van der Waals surface area (Å²) < 4.78 is 20.0. The Labute approximate surface area is 173 Å². The zero-order valence-corrected chi connectivity index (χ0v) is 16.7. The first kappa shape index (κ1) is 21.5. The number of allylic oxidation sites excluding steroid dienone is 1. The lowest BCUT2D eigenvalue weighted by molar-refractivity contribution is -0.136. The van der Waals surface area contributed by atoms with Crippen LogP contribution in [0.25, 0.3) is 0 Å². The number of carbonyl (C=O) groups is 2. The predicted octanol–water partition coefficient (Wildman–Crippen LogP) is 1.77. The first-order chi connectivity index (χ1) is 14.4. The molecule has 2 saturated heterocycles. The van der Waals surface area contributed by atoms with Crippen LogP contribution in [0.3, 0.4) is 0 Å². The van der Waals surface area contributed by atoms with E-state index in [1.54, 1.807) is 19.1 Å². The van der Waals surface area contributed by atoms with Crippen LogP contribution in [0.4, 0.5) is 20.6 Å². The van der Waals surface area contributed by atoms with Gasteiger partial charge in [-0.2, -0.15) is 5.26 Å². The van der Waals surface area contributed by atoms with Crippen LogP contribution < -0.4 is 20.7 Å². The number of anilines is 2. The van der Waals surface area contributed by atoms with Crippen molar-refractivity contribution in [1.82, 2.24) is 10.9 Å². The highest BCUT2D eigenvalue weighted by Crippen LogP contribution is 2.30. The molecule has 9 nitrogen and oxygen atoms in total. The van der Waals surface area contributed by atoms with E-state index in [2.05, 4.69) is 16.9 Å². The van der Waals surface area contributed by atoms with Crippen LogP contribution in [0, 0.1) is 17.1 Å². The molecule has 0 aromatic heterocycles. The molecule has 0 spiro atoms. The third-order valence-corrected chi connectivity index (χ3v) is 5.22. The van der Waals surface area contributed by atoms with Gasteiger partial charge in [-0.25, -0.2) is 14.6 Å². The Morgan fingerprint density at radius 1 is 1.37 bits per heavy atom. The Hall–Kier alpha value is -3.16. The number of hydrogen-bond acceptors (Lipinski definition) is 7. The van der Waals surface area contributed by atoms with E-state index in [0.29, 0.717) is 24.5 Å². The van der Waals surface area contributed by atoms with Crippen molar-refractivity contribution in [3.05, 3.63) is 35.2 Å². The van der Waals surface area contributed by atoms with Gasteiger partial charge in [-0.3, -0.25) is 15.1 Å². The molecule has 1 unspecified atom stereocenters. The van der Waals surface area contributed by atoms with E-state index in [4.69, 9.17) is 15.1 Å². The first-order valence-corrected chi connectivity index (χ1v) is 9.68. The number of ether oxygens (including phenoxy) is 1. The highest BCUT2D eigenvalue weighted by molar-refractivity contribution is 5.90. The molecule has 2 heterocycles. The van der Waals surface area contributed by atoms with Crippen molar-refractivity contribution in [3.63, 3.8) is 0 Å². The third-order valence-electron chi connectivity index (χ3n) is 5.22. The topological polar surface area (TPSA) is 118 Å². The predicted molar refractivity (Wildman–Crippen MR) is 107 cm³/mol. The van der Waals surface area contributed by atoms with Gasteiger partial charge < -0.3 is 14.7 Å². The summed E-state index contributed by atoms with van der Waals surface area (Å²) in [6, 6.07) is 6.83. The molecule has 0 radical (unpaired) electrons. The SMILES string of the molecule is CC(C#N)=C1CCN(c2ccc(N3CC(CNNCC(=O)O)OC3=O)cc2F)CC1. The highest BCUT2D eigenvalue weighted by Gasteiger charge is 2.32. The minimum Gasteiger partial charge on any atom is -0.480 e. The highest BCUT2D eigenvalue weighted by atomic mass is 19.1. The number of carboxylic acid groups (broad SMARTS) is 1. The Morgan fingerprint density at radius 2 is 2.10 bits per heavy atom. The molecule has 30 heavy (non-hydrogen) atoms. The summed E-state index contributed by atoms with van der Waals surface area (Å²) in [5.74, 6) is -1.43. The average molecular weight is 417 g/mol. The first-order valence-electron chi connectivity index (χ1n) is 9.68. The molecule has 3 N–H and O–H groups in total. The van der Waals surface area contributed by atoms with E-state index in [0.717, 1.165) is 24.0 Å². The fourth-order valence-electron chi connectivity index (χ4n) is 3.55. The number of rotatable bonds is 7. The summed E-state index contributed by atoms with van der Waals surface area (Å²) >= 11 is 0. The number of amides is 1. The fraction of sp³-hybridized carbons (Fsp3) is 0.450. The molecule has 0 saturated carbocycles. The van der Waals surface area contributed by atoms with Crippen molar-refractivity contribution >= 4 is 23.4 Å². The number of carboxylic acids is 1. The number of aliphatic carboxylic acids is 1. The van der Waals surface area contributed by atoms with Crippen LogP contribution >= 0.6 is 0 Å². The van der Waals surface area contributed by atoms with Crippen molar-refractivity contribution in [2.24, 2.45) is 0 Å². The number of hydrogen-bond donors (Lipinski definition) is 3. The number of piperidine rings is 1. The van der Waals surface area contributed by atoms with Crippen LogP contribution in [-0.2, 0) is 9.53 Å². The number of benzene rings is 1. The van der Waals surface area contributed by atoms with E-state index < -0.39 is 24.0 Å². The van der Waals surface area contributed by atoms with E-state index in [-0.39, 0.29) is 19.6 Å². The van der Waals surface area contributed by atoms with Crippen molar-refractivity contribution in [1.29, 1.82) is 5.26 Å². The Kier molecular flexibility index (Phi) is 6.87. The quantitative estimate of drug-likeness (QED) is 0.349. The molecule has 0 aliphatic carbocycles. The lowest BCUT2D eigenvalue weighted by Crippen LogP contribution is -2.41. The monoisotopic (exact) mass is 417 g/mol. The number of carbonyl (C=O) groups excluding carboxylic acids is 1. The molecule has 2 fully saturated rings. The summed E-state index contributed by atoms with van der Waals surface area (Å²) in [6.07, 6.45) is 0.386. The largest absolute Gasteiger partial charge is 0.480 e. The van der Waals surface area contributed by atoms with Crippen LogP contribution in [0.5, 0.6) is 0 Å². The van der Waals surface area contributed by atoms with Gasteiger partial charge in [-0.05, 0) is 38.0 Å². The molecular weight excluding hydrogens is 393 g/mol. The van der Waals surface area contributed by atoms with Crippen molar-refractivity contribution in [2.45, 2.75) is 25.9 Å². The number of nitrogens with zero attached hydrogens (tertiary/aromatic N) is 3. The Balaban J connectivity index is 1.60. The summed E-state index contributed by atoms with van der Waals surface area (Å²) in [5, 5.41) is 17.6. The molecule has 1 aromatic rings. The van der Waals surface area contributed by atoms with Gasteiger partial charge in [-0.1, -0.05) is 5.57 Å². The second-order valence-electron chi connectivity index (χ2n) is 7.21. The van der Waals surface area contributed by atoms with Crippen LogP contribution in [0.2, 0.25) is 0 Å². The maximum atomic E-state index is 14.8. The smallest absolute Gasteiger partial charge is 0.414 e. The van der Waals surface area contributed by atoms with Crippen molar-refractivity contribution in [3.8, 4) is 6.07 Å². The number of halogens is 1. The third kappa shape index (κ3) is 5.06. The van der Waals surface area contributed by atoms with Gasteiger partial charge in [0.05, 0.1) is 24.0 Å².